The second-order valence-corrected chi connectivity index (χ2v) is 7.31. The molecule has 0 aliphatic carbocycles. The minimum absolute atomic E-state index is 0.0746. The van der Waals surface area contributed by atoms with E-state index in [-0.39, 0.29) is 5.91 Å². The van der Waals surface area contributed by atoms with Crippen molar-refractivity contribution < 1.29 is 19.1 Å². The van der Waals surface area contributed by atoms with Crippen molar-refractivity contribution in [2.24, 2.45) is 5.73 Å². The van der Waals surface area contributed by atoms with Gasteiger partial charge in [0, 0.05) is 38.3 Å². The number of fused-ring (bicyclic) bond motifs is 2. The van der Waals surface area contributed by atoms with E-state index >= 15 is 0 Å². The van der Waals surface area contributed by atoms with Gasteiger partial charge in [-0.25, -0.2) is 4.98 Å². The number of primary amides is 1. The number of carbonyl (C=O) groups is 2. The molecule has 3 heterocycles. The number of benzene rings is 1. The molecule has 1 saturated heterocycles. The number of carbonyl (C=O) groups excluding carboxylic acids is 2. The van der Waals surface area contributed by atoms with Crippen LogP contribution in [0.25, 0.3) is 0 Å². The van der Waals surface area contributed by atoms with E-state index in [0.29, 0.717) is 38.9 Å². The number of nitrogens with two attached hydrogens (primary N) is 1. The molecular formula is C20H24N4O4. The van der Waals surface area contributed by atoms with Gasteiger partial charge in [-0.05, 0) is 17.7 Å². The molecular weight excluding hydrogens is 360 g/mol. The number of aromatic nitrogens is 2. The van der Waals surface area contributed by atoms with E-state index in [1.165, 1.54) is 0 Å². The highest BCUT2D eigenvalue weighted by molar-refractivity contribution is 5.79. The second kappa shape index (κ2) is 7.27. The molecule has 4 rings (SSSR count). The Hall–Kier alpha value is -2.87. The predicted molar refractivity (Wildman–Crippen MR) is 100 cm³/mol. The van der Waals surface area contributed by atoms with Crippen molar-refractivity contribution >= 4 is 11.8 Å². The van der Waals surface area contributed by atoms with Crippen molar-refractivity contribution in [3.05, 3.63) is 48.0 Å². The highest BCUT2D eigenvalue weighted by Crippen LogP contribution is 2.40. The third-order valence-corrected chi connectivity index (χ3v) is 5.61. The average molecular weight is 384 g/mol. The predicted octanol–water partition coefficient (Wildman–Crippen LogP) is 0.836. The minimum atomic E-state index is -0.678. The molecule has 0 saturated carbocycles. The average Bonchev–Trinajstić information content (AvgIpc) is 3.19. The van der Waals surface area contributed by atoms with Crippen LogP contribution >= 0.6 is 0 Å². The van der Waals surface area contributed by atoms with Crippen LogP contribution in [0, 0.1) is 0 Å². The van der Waals surface area contributed by atoms with Crippen LogP contribution in [0.5, 0.6) is 5.75 Å². The summed E-state index contributed by atoms with van der Waals surface area (Å²) in [5.74, 6) is 1.18. The van der Waals surface area contributed by atoms with Crippen LogP contribution < -0.4 is 10.5 Å². The zero-order chi connectivity index (χ0) is 19.7. The molecule has 8 heteroatoms. The van der Waals surface area contributed by atoms with Crippen molar-refractivity contribution in [2.45, 2.75) is 37.5 Å². The van der Waals surface area contributed by atoms with Crippen LogP contribution in [-0.2, 0) is 32.9 Å². The molecule has 2 amide bonds. The quantitative estimate of drug-likeness (QED) is 0.842. The molecule has 1 aromatic heterocycles. The third kappa shape index (κ3) is 3.35. The Labute approximate surface area is 163 Å². The Morgan fingerprint density at radius 3 is 2.64 bits per heavy atom. The number of piperidine rings is 1. The fourth-order valence-corrected chi connectivity index (χ4v) is 4.03. The Morgan fingerprint density at radius 2 is 2.00 bits per heavy atom. The summed E-state index contributed by atoms with van der Waals surface area (Å²) in [7, 11) is 1.62. The van der Waals surface area contributed by atoms with Gasteiger partial charge in [-0.2, -0.15) is 0 Å². The van der Waals surface area contributed by atoms with Gasteiger partial charge < -0.3 is 24.7 Å². The van der Waals surface area contributed by atoms with E-state index in [1.54, 1.807) is 13.3 Å². The summed E-state index contributed by atoms with van der Waals surface area (Å²) in [6.07, 6.45) is 4.39. The zero-order valence-corrected chi connectivity index (χ0v) is 15.8. The number of likely N-dealkylation sites (tertiary alicyclic amines) is 1. The molecule has 1 spiro atoms. The molecule has 2 aliphatic rings. The largest absolute Gasteiger partial charge is 0.497 e. The van der Waals surface area contributed by atoms with Gasteiger partial charge >= 0.3 is 0 Å². The lowest BCUT2D eigenvalue weighted by atomic mass is 9.88. The number of methoxy groups -OCH3 is 1. The van der Waals surface area contributed by atoms with Crippen molar-refractivity contribution in [3.63, 3.8) is 0 Å². The Balaban J connectivity index is 1.43. The molecule has 2 aliphatic heterocycles. The Bertz CT molecular complexity index is 869. The number of imidazole rings is 1. The molecule has 0 radical (unpaired) electrons. The normalized spacial score (nSPS) is 20.6. The third-order valence-electron chi connectivity index (χ3n) is 5.61. The van der Waals surface area contributed by atoms with Gasteiger partial charge in [0.15, 0.2) is 6.10 Å². The first-order valence-electron chi connectivity index (χ1n) is 9.40. The Morgan fingerprint density at radius 1 is 1.29 bits per heavy atom. The smallest absolute Gasteiger partial charge is 0.248 e. The molecule has 2 N–H and O–H groups in total. The molecule has 1 atom stereocenters. The van der Waals surface area contributed by atoms with Crippen LogP contribution in [0.3, 0.4) is 0 Å². The highest BCUT2D eigenvalue weighted by atomic mass is 16.5. The maximum Gasteiger partial charge on any atom is 0.248 e. The van der Waals surface area contributed by atoms with E-state index in [4.69, 9.17) is 15.2 Å². The summed E-state index contributed by atoms with van der Waals surface area (Å²) in [6, 6.07) is 7.52. The lowest BCUT2D eigenvalue weighted by Gasteiger charge is -2.45. The molecule has 8 nitrogen and oxygen atoms in total. The van der Waals surface area contributed by atoms with E-state index in [9.17, 15) is 9.59 Å². The van der Waals surface area contributed by atoms with Crippen LogP contribution in [0.1, 0.15) is 24.2 Å². The topological polar surface area (TPSA) is 99.7 Å². The lowest BCUT2D eigenvalue weighted by Crippen LogP contribution is -2.54. The number of amides is 2. The van der Waals surface area contributed by atoms with Crippen molar-refractivity contribution in [1.29, 1.82) is 0 Å². The zero-order valence-electron chi connectivity index (χ0n) is 15.8. The highest BCUT2D eigenvalue weighted by Gasteiger charge is 2.47. The van der Waals surface area contributed by atoms with Gasteiger partial charge in [0.25, 0.3) is 0 Å². The van der Waals surface area contributed by atoms with Gasteiger partial charge in [0.05, 0.1) is 20.1 Å². The number of rotatable bonds is 4. The molecule has 0 bridgehead atoms. The van der Waals surface area contributed by atoms with Crippen LogP contribution in [-0.4, -0.2) is 52.6 Å². The van der Waals surface area contributed by atoms with E-state index in [1.807, 2.05) is 39.9 Å². The number of hydrogen-bond donors (Lipinski definition) is 1. The molecule has 1 fully saturated rings. The van der Waals surface area contributed by atoms with Gasteiger partial charge in [0.1, 0.15) is 17.2 Å². The maximum atomic E-state index is 12.7. The van der Waals surface area contributed by atoms with Crippen LogP contribution in [0.15, 0.2) is 36.7 Å². The monoisotopic (exact) mass is 384 g/mol. The van der Waals surface area contributed by atoms with Gasteiger partial charge in [-0.1, -0.05) is 12.1 Å². The van der Waals surface area contributed by atoms with E-state index in [0.717, 1.165) is 17.1 Å². The number of nitrogens with zero attached hydrogens (tertiary/aromatic N) is 3. The van der Waals surface area contributed by atoms with Crippen molar-refractivity contribution in [2.75, 3.05) is 20.2 Å². The standard InChI is InChI=1S/C20H24N4O4/c1-27-15-4-2-14(3-5-15)12-17(25)23-9-6-20(7-10-23)19-22-8-11-24(19)13-16(28-20)18(21)26/h2-5,8,11,16H,6-7,9-10,12-13H2,1H3,(H2,21,26). The minimum Gasteiger partial charge on any atom is -0.497 e. The number of hydrogen-bond acceptors (Lipinski definition) is 5. The maximum absolute atomic E-state index is 12.7. The van der Waals surface area contributed by atoms with E-state index < -0.39 is 17.6 Å². The fourth-order valence-electron chi connectivity index (χ4n) is 4.03. The first-order chi connectivity index (χ1) is 13.5. The second-order valence-electron chi connectivity index (χ2n) is 7.31. The summed E-state index contributed by atoms with van der Waals surface area (Å²) in [5.41, 5.74) is 5.77. The van der Waals surface area contributed by atoms with Crippen LogP contribution in [0.4, 0.5) is 0 Å². The van der Waals surface area contributed by atoms with Gasteiger partial charge in [-0.15, -0.1) is 0 Å². The van der Waals surface area contributed by atoms with Gasteiger partial charge in [-0.3, -0.25) is 9.59 Å². The SMILES string of the molecule is COc1ccc(CC(=O)N2CCC3(CC2)OC(C(N)=O)Cn2ccnc23)cc1. The first kappa shape index (κ1) is 18.5. The molecule has 148 valence electrons. The summed E-state index contributed by atoms with van der Waals surface area (Å²) >= 11 is 0. The summed E-state index contributed by atoms with van der Waals surface area (Å²) < 4.78 is 13.2. The fraction of sp³-hybridized carbons (Fsp3) is 0.450. The van der Waals surface area contributed by atoms with Crippen LogP contribution in [0.2, 0.25) is 0 Å². The molecule has 28 heavy (non-hydrogen) atoms. The lowest BCUT2D eigenvalue weighted by molar-refractivity contribution is -0.173. The van der Waals surface area contributed by atoms with E-state index in [2.05, 4.69) is 4.98 Å². The first-order valence-corrected chi connectivity index (χ1v) is 9.40. The molecule has 1 unspecified atom stereocenters. The van der Waals surface area contributed by atoms with Crippen molar-refractivity contribution in [1.82, 2.24) is 14.5 Å². The number of ether oxygens (including phenoxy) is 2. The summed E-state index contributed by atoms with van der Waals surface area (Å²) in [4.78, 5) is 30.7. The van der Waals surface area contributed by atoms with Gasteiger partial charge in [0.2, 0.25) is 11.8 Å². The summed E-state index contributed by atoms with van der Waals surface area (Å²) in [5, 5.41) is 0. The molecule has 2 aromatic rings. The summed E-state index contributed by atoms with van der Waals surface area (Å²) in [6.45, 7) is 1.48. The molecule has 1 aromatic carbocycles. The Kier molecular flexibility index (Phi) is 4.80. The van der Waals surface area contributed by atoms with Crippen molar-refractivity contribution in [3.8, 4) is 5.75 Å².